The Morgan fingerprint density at radius 1 is 1.42 bits per heavy atom. The topological polar surface area (TPSA) is 57.2 Å². The maximum absolute atomic E-state index is 12.0. The molecular formula is C18H36N4O2. The van der Waals surface area contributed by atoms with Crippen LogP contribution >= 0.6 is 0 Å². The van der Waals surface area contributed by atoms with Gasteiger partial charge in [0, 0.05) is 40.3 Å². The average Bonchev–Trinajstić information content (AvgIpc) is 2.77. The third-order valence-electron chi connectivity index (χ3n) is 4.09. The lowest BCUT2D eigenvalue weighted by molar-refractivity contribution is 0.0277. The van der Waals surface area contributed by atoms with Gasteiger partial charge in [0.15, 0.2) is 5.96 Å². The van der Waals surface area contributed by atoms with Crippen LogP contribution < -0.4 is 5.32 Å². The molecule has 1 N–H and O–H groups in total. The second-order valence-electron chi connectivity index (χ2n) is 8.73. The minimum Gasteiger partial charge on any atom is -0.444 e. The molecule has 0 radical (unpaired) electrons. The fourth-order valence-electron chi connectivity index (χ4n) is 2.84. The zero-order valence-electron chi connectivity index (χ0n) is 16.8. The molecule has 6 nitrogen and oxygen atoms in total. The van der Waals surface area contributed by atoms with Gasteiger partial charge in [-0.2, -0.15) is 0 Å². The molecule has 1 atom stereocenters. The van der Waals surface area contributed by atoms with Crippen LogP contribution in [0.3, 0.4) is 0 Å². The number of likely N-dealkylation sites (tertiary alicyclic amines) is 1. The van der Waals surface area contributed by atoms with Crippen LogP contribution in [0.25, 0.3) is 0 Å². The summed E-state index contributed by atoms with van der Waals surface area (Å²) in [7, 11) is 3.60. The van der Waals surface area contributed by atoms with Crippen molar-refractivity contribution in [2.24, 2.45) is 16.3 Å². The van der Waals surface area contributed by atoms with Crippen LogP contribution in [0, 0.1) is 11.3 Å². The molecule has 0 aromatic heterocycles. The Bertz CT molecular complexity index is 454. The number of rotatable bonds is 4. The van der Waals surface area contributed by atoms with Gasteiger partial charge >= 0.3 is 6.09 Å². The Morgan fingerprint density at radius 3 is 2.50 bits per heavy atom. The standard InChI is InChI=1S/C18H36N4O2/c1-14(12-21(8)16(23)24-17(2,3)4)11-20-15(19-7)22-10-9-18(5,6)13-22/h14H,9-13H2,1-8H3,(H,19,20). The minimum absolute atomic E-state index is 0.278. The van der Waals surface area contributed by atoms with Gasteiger partial charge in [-0.05, 0) is 38.5 Å². The first kappa shape index (κ1) is 20.6. The Morgan fingerprint density at radius 2 is 2.04 bits per heavy atom. The molecule has 0 aromatic carbocycles. The summed E-state index contributed by atoms with van der Waals surface area (Å²) in [5.41, 5.74) is -0.113. The maximum Gasteiger partial charge on any atom is 0.410 e. The van der Waals surface area contributed by atoms with Crippen LogP contribution in [-0.2, 0) is 4.74 Å². The van der Waals surface area contributed by atoms with E-state index in [-0.39, 0.29) is 6.09 Å². The quantitative estimate of drug-likeness (QED) is 0.631. The molecule has 24 heavy (non-hydrogen) atoms. The summed E-state index contributed by atoms with van der Waals surface area (Å²) in [6, 6.07) is 0. The SMILES string of the molecule is CN=C(NCC(C)CN(C)C(=O)OC(C)(C)C)N1CCC(C)(C)C1. The van der Waals surface area contributed by atoms with Gasteiger partial charge in [-0.15, -0.1) is 0 Å². The average molecular weight is 341 g/mol. The Balaban J connectivity index is 2.42. The van der Waals surface area contributed by atoms with Gasteiger partial charge in [0.25, 0.3) is 0 Å². The molecule has 1 heterocycles. The largest absolute Gasteiger partial charge is 0.444 e. The number of hydrogen-bond donors (Lipinski definition) is 1. The molecule has 0 saturated carbocycles. The summed E-state index contributed by atoms with van der Waals surface area (Å²) >= 11 is 0. The fourth-order valence-corrected chi connectivity index (χ4v) is 2.84. The van der Waals surface area contributed by atoms with Gasteiger partial charge in [-0.3, -0.25) is 4.99 Å². The molecule has 0 aliphatic carbocycles. The zero-order chi connectivity index (χ0) is 18.5. The monoisotopic (exact) mass is 340 g/mol. The predicted octanol–water partition coefficient (Wildman–Crippen LogP) is 2.80. The lowest BCUT2D eigenvalue weighted by Crippen LogP contribution is -2.44. The molecule has 1 fully saturated rings. The smallest absolute Gasteiger partial charge is 0.410 e. The molecule has 1 saturated heterocycles. The molecule has 1 aliphatic rings. The van der Waals surface area contributed by atoms with Crippen LogP contribution in [0.1, 0.15) is 48.0 Å². The van der Waals surface area contributed by atoms with E-state index in [4.69, 9.17) is 4.74 Å². The number of hydrogen-bond acceptors (Lipinski definition) is 3. The second kappa shape index (κ2) is 8.08. The van der Waals surface area contributed by atoms with Crippen LogP contribution in [0.2, 0.25) is 0 Å². The van der Waals surface area contributed by atoms with Gasteiger partial charge in [0.2, 0.25) is 0 Å². The minimum atomic E-state index is -0.461. The summed E-state index contributed by atoms with van der Waals surface area (Å²) in [4.78, 5) is 20.4. The highest BCUT2D eigenvalue weighted by atomic mass is 16.6. The van der Waals surface area contributed by atoms with Gasteiger partial charge in [-0.25, -0.2) is 4.79 Å². The first-order valence-corrected chi connectivity index (χ1v) is 8.83. The molecule has 6 heteroatoms. The van der Waals surface area contributed by atoms with E-state index >= 15 is 0 Å². The maximum atomic E-state index is 12.0. The van der Waals surface area contributed by atoms with Crippen molar-refractivity contribution in [3.8, 4) is 0 Å². The first-order valence-electron chi connectivity index (χ1n) is 8.83. The van der Waals surface area contributed by atoms with Crippen molar-refractivity contribution in [3.05, 3.63) is 0 Å². The molecule has 1 aliphatic heterocycles. The predicted molar refractivity (Wildman–Crippen MR) is 99.4 cm³/mol. The molecule has 1 unspecified atom stereocenters. The van der Waals surface area contributed by atoms with E-state index < -0.39 is 5.60 Å². The summed E-state index contributed by atoms with van der Waals surface area (Å²) < 4.78 is 5.39. The number of nitrogens with zero attached hydrogens (tertiary/aromatic N) is 3. The summed E-state index contributed by atoms with van der Waals surface area (Å²) in [5.74, 6) is 1.25. The van der Waals surface area contributed by atoms with Crippen molar-refractivity contribution in [3.63, 3.8) is 0 Å². The first-order chi connectivity index (χ1) is 10.9. The number of carbonyl (C=O) groups is 1. The van der Waals surface area contributed by atoms with Crippen molar-refractivity contribution >= 4 is 12.1 Å². The summed E-state index contributed by atoms with van der Waals surface area (Å²) in [6.07, 6.45) is 0.907. The molecular weight excluding hydrogens is 304 g/mol. The summed E-state index contributed by atoms with van der Waals surface area (Å²) in [5, 5.41) is 3.44. The van der Waals surface area contributed by atoms with Crippen LogP contribution in [0.4, 0.5) is 4.79 Å². The number of amides is 1. The van der Waals surface area contributed by atoms with Crippen molar-refractivity contribution in [2.45, 2.75) is 53.6 Å². The molecule has 1 rings (SSSR count). The molecule has 1 amide bonds. The highest BCUT2D eigenvalue weighted by Crippen LogP contribution is 2.28. The van der Waals surface area contributed by atoms with Crippen LogP contribution in [0.15, 0.2) is 4.99 Å². The van der Waals surface area contributed by atoms with Crippen LogP contribution in [-0.4, -0.2) is 67.7 Å². The molecule has 140 valence electrons. The van der Waals surface area contributed by atoms with Crippen LogP contribution in [0.5, 0.6) is 0 Å². The van der Waals surface area contributed by atoms with Crippen molar-refractivity contribution in [1.82, 2.24) is 15.1 Å². The van der Waals surface area contributed by atoms with E-state index in [1.807, 2.05) is 27.8 Å². The second-order valence-corrected chi connectivity index (χ2v) is 8.73. The van der Waals surface area contributed by atoms with E-state index in [0.717, 1.165) is 25.6 Å². The van der Waals surface area contributed by atoms with E-state index in [0.29, 0.717) is 17.9 Å². The van der Waals surface area contributed by atoms with Gasteiger partial charge in [-0.1, -0.05) is 20.8 Å². The highest BCUT2D eigenvalue weighted by Gasteiger charge is 2.31. The lowest BCUT2D eigenvalue weighted by atomic mass is 9.93. The third kappa shape index (κ3) is 6.97. The van der Waals surface area contributed by atoms with Crippen molar-refractivity contribution < 1.29 is 9.53 Å². The Labute approximate surface area is 147 Å². The number of nitrogens with one attached hydrogen (secondary N) is 1. The van der Waals surface area contributed by atoms with Gasteiger partial charge in [0.1, 0.15) is 5.60 Å². The number of aliphatic imine (C=N–C) groups is 1. The normalized spacial score (nSPS) is 19.2. The Kier molecular flexibility index (Phi) is 6.93. The number of guanidine groups is 1. The zero-order valence-corrected chi connectivity index (χ0v) is 16.8. The number of carbonyl (C=O) groups excluding carboxylic acids is 1. The van der Waals surface area contributed by atoms with E-state index in [1.54, 1.807) is 11.9 Å². The van der Waals surface area contributed by atoms with Crippen molar-refractivity contribution in [2.75, 3.05) is 40.3 Å². The van der Waals surface area contributed by atoms with Gasteiger partial charge in [0.05, 0.1) is 0 Å². The molecule has 0 spiro atoms. The van der Waals surface area contributed by atoms with E-state index in [9.17, 15) is 4.79 Å². The van der Waals surface area contributed by atoms with E-state index in [2.05, 4.69) is 36.0 Å². The number of ether oxygens (including phenoxy) is 1. The Hall–Kier alpha value is -1.46. The highest BCUT2D eigenvalue weighted by molar-refractivity contribution is 5.80. The van der Waals surface area contributed by atoms with Gasteiger partial charge < -0.3 is 19.9 Å². The fraction of sp³-hybridized carbons (Fsp3) is 0.889. The van der Waals surface area contributed by atoms with Crippen molar-refractivity contribution in [1.29, 1.82) is 0 Å². The van der Waals surface area contributed by atoms with E-state index in [1.165, 1.54) is 6.42 Å². The third-order valence-corrected chi connectivity index (χ3v) is 4.09. The molecule has 0 aromatic rings. The summed E-state index contributed by atoms with van der Waals surface area (Å²) in [6.45, 7) is 15.8. The lowest BCUT2D eigenvalue weighted by Gasteiger charge is -2.28. The molecule has 0 bridgehead atoms.